The van der Waals surface area contributed by atoms with Crippen molar-refractivity contribution in [3.8, 4) is 0 Å². The second-order valence-corrected chi connectivity index (χ2v) is 0.794. The molecule has 0 rings (SSSR count). The van der Waals surface area contributed by atoms with Gasteiger partial charge in [-0.1, -0.05) is 4.94 Å². The average Bonchev–Trinajstić information content (AvgIpc) is 1.67. The molecule has 6 heteroatoms. The third-order valence-electron chi connectivity index (χ3n) is 0.312. The summed E-state index contributed by atoms with van der Waals surface area (Å²) in [5.41, 5.74) is 0. The Balaban J connectivity index is 3.37. The van der Waals surface area contributed by atoms with Gasteiger partial charge in [0.05, 0.1) is 0 Å². The molecule has 2 nitrogen and oxygen atoms in total. The fourth-order valence-corrected chi connectivity index (χ4v) is 0.0858. The summed E-state index contributed by atoms with van der Waals surface area (Å²) in [5, 5.41) is 0. The fraction of sp³-hybridized carbons (Fsp3) is 1.00. The molecule has 50 valence electrons. The highest BCUT2D eigenvalue weighted by atomic mass is 19.4. The van der Waals surface area contributed by atoms with Gasteiger partial charge in [0.15, 0.2) is 6.86 Å². The van der Waals surface area contributed by atoms with E-state index in [1.807, 2.05) is 4.94 Å². The Bertz CT molecular complexity index is 65.1. The molecule has 0 saturated heterocycles. The molecule has 0 radical (unpaired) electrons. The molecular formula is C2H2F4O2. The van der Waals surface area contributed by atoms with Crippen molar-refractivity contribution >= 4 is 0 Å². The Hall–Kier alpha value is -0.360. The zero-order valence-corrected chi connectivity index (χ0v) is 3.54. The summed E-state index contributed by atoms with van der Waals surface area (Å²) in [5.74, 6) is 0. The SMILES string of the molecule is FCOC(F)(F)OF. The van der Waals surface area contributed by atoms with Gasteiger partial charge in [0.1, 0.15) is 0 Å². The molecule has 0 aliphatic carbocycles. The van der Waals surface area contributed by atoms with Crippen LogP contribution in [0.2, 0.25) is 0 Å². The molecule has 0 spiro atoms. The molecule has 0 aromatic heterocycles. The molecule has 0 aromatic carbocycles. The van der Waals surface area contributed by atoms with E-state index >= 15 is 0 Å². The van der Waals surface area contributed by atoms with Crippen LogP contribution in [0.25, 0.3) is 0 Å². The third-order valence-corrected chi connectivity index (χ3v) is 0.312. The molecule has 0 bridgehead atoms. The minimum absolute atomic E-state index is 1.79. The van der Waals surface area contributed by atoms with Gasteiger partial charge in [0.25, 0.3) is 0 Å². The van der Waals surface area contributed by atoms with E-state index in [2.05, 4.69) is 4.74 Å². The van der Waals surface area contributed by atoms with Crippen LogP contribution in [-0.4, -0.2) is 13.2 Å². The van der Waals surface area contributed by atoms with E-state index in [4.69, 9.17) is 0 Å². The van der Waals surface area contributed by atoms with E-state index in [1.54, 1.807) is 0 Å². The lowest BCUT2D eigenvalue weighted by molar-refractivity contribution is -0.470. The molecular weight excluding hydrogens is 132 g/mol. The van der Waals surface area contributed by atoms with E-state index in [0.29, 0.717) is 0 Å². The topological polar surface area (TPSA) is 18.5 Å². The van der Waals surface area contributed by atoms with Crippen LogP contribution >= 0.6 is 0 Å². The lowest BCUT2D eigenvalue weighted by atomic mass is 11.2. The zero-order valence-electron chi connectivity index (χ0n) is 3.54. The summed E-state index contributed by atoms with van der Waals surface area (Å²) in [6.07, 6.45) is -4.45. The normalized spacial score (nSPS) is 12.0. The number of ether oxygens (including phenoxy) is 1. The highest BCUT2D eigenvalue weighted by Gasteiger charge is 2.33. The molecule has 0 saturated carbocycles. The quantitative estimate of drug-likeness (QED) is 0.428. The van der Waals surface area contributed by atoms with E-state index in [9.17, 15) is 17.7 Å². The molecule has 0 fully saturated rings. The van der Waals surface area contributed by atoms with Crippen LogP contribution in [0, 0.1) is 0 Å². The molecule has 0 amide bonds. The molecule has 0 aliphatic rings. The van der Waals surface area contributed by atoms with Gasteiger partial charge < -0.3 is 0 Å². The first-order valence-corrected chi connectivity index (χ1v) is 1.50. The van der Waals surface area contributed by atoms with Gasteiger partial charge in [0.2, 0.25) is 0 Å². The number of hydrogen-bond donors (Lipinski definition) is 0. The highest BCUT2D eigenvalue weighted by Crippen LogP contribution is 2.16. The summed E-state index contributed by atoms with van der Waals surface area (Å²) < 4.78 is 46.1. The Morgan fingerprint density at radius 2 is 1.88 bits per heavy atom. The second-order valence-electron chi connectivity index (χ2n) is 0.794. The summed E-state index contributed by atoms with van der Waals surface area (Å²) in [4.78, 5) is 1.88. The maximum atomic E-state index is 11.1. The lowest BCUT2D eigenvalue weighted by Gasteiger charge is -2.05. The number of halogens is 4. The molecule has 0 aromatic rings. The van der Waals surface area contributed by atoms with Crippen molar-refractivity contribution < 1.29 is 27.4 Å². The number of alkyl halides is 3. The van der Waals surface area contributed by atoms with Crippen molar-refractivity contribution in [3.05, 3.63) is 0 Å². The van der Waals surface area contributed by atoms with E-state index in [0.717, 1.165) is 0 Å². The van der Waals surface area contributed by atoms with Gasteiger partial charge in [0, 0.05) is 0 Å². The van der Waals surface area contributed by atoms with Gasteiger partial charge >= 0.3 is 6.29 Å². The maximum absolute atomic E-state index is 11.1. The van der Waals surface area contributed by atoms with Crippen molar-refractivity contribution in [1.29, 1.82) is 0 Å². The van der Waals surface area contributed by atoms with Crippen LogP contribution in [-0.2, 0) is 9.68 Å². The van der Waals surface area contributed by atoms with Crippen LogP contribution in [0.1, 0.15) is 0 Å². The van der Waals surface area contributed by atoms with Crippen molar-refractivity contribution in [1.82, 2.24) is 0 Å². The van der Waals surface area contributed by atoms with Crippen LogP contribution in [0.4, 0.5) is 17.7 Å². The largest absolute Gasteiger partial charge is 0.518 e. The molecule has 0 heterocycles. The van der Waals surface area contributed by atoms with Crippen molar-refractivity contribution in [2.75, 3.05) is 6.86 Å². The standard InChI is InChI=1S/C2H2F4O2/c3-1-7-2(4,5)8-6/h1H2. The Morgan fingerprint density at radius 3 is 2.00 bits per heavy atom. The summed E-state index contributed by atoms with van der Waals surface area (Å²) in [7, 11) is 0. The van der Waals surface area contributed by atoms with Gasteiger partial charge in [-0.15, -0.1) is 8.78 Å². The maximum Gasteiger partial charge on any atom is 0.518 e. The summed E-state index contributed by atoms with van der Waals surface area (Å²) in [6, 6.07) is 0. The smallest absolute Gasteiger partial charge is 0.262 e. The lowest BCUT2D eigenvalue weighted by Crippen LogP contribution is -2.20. The van der Waals surface area contributed by atoms with Gasteiger partial charge in [-0.25, -0.2) is 4.39 Å². The van der Waals surface area contributed by atoms with Crippen molar-refractivity contribution in [3.63, 3.8) is 0 Å². The monoisotopic (exact) mass is 134 g/mol. The highest BCUT2D eigenvalue weighted by molar-refractivity contribution is 4.19. The first-order chi connectivity index (χ1) is 3.62. The van der Waals surface area contributed by atoms with Crippen LogP contribution in [0.3, 0.4) is 0 Å². The molecule has 0 aliphatic heterocycles. The van der Waals surface area contributed by atoms with E-state index in [-0.39, 0.29) is 0 Å². The first kappa shape index (κ1) is 7.64. The van der Waals surface area contributed by atoms with E-state index < -0.39 is 13.2 Å². The fourth-order valence-electron chi connectivity index (χ4n) is 0.0858. The van der Waals surface area contributed by atoms with Crippen molar-refractivity contribution in [2.24, 2.45) is 0 Å². The summed E-state index contributed by atoms with van der Waals surface area (Å²) >= 11 is 0. The predicted molar refractivity (Wildman–Crippen MR) is 14.2 cm³/mol. The second kappa shape index (κ2) is 2.83. The Kier molecular flexibility index (Phi) is 2.70. The molecule has 8 heavy (non-hydrogen) atoms. The third kappa shape index (κ3) is 2.75. The van der Waals surface area contributed by atoms with Crippen LogP contribution in [0.5, 0.6) is 0 Å². The van der Waals surface area contributed by atoms with Gasteiger partial charge in [-0.3, -0.25) is 4.74 Å². The van der Waals surface area contributed by atoms with Gasteiger partial charge in [-0.2, -0.15) is 0 Å². The Labute approximate surface area is 41.9 Å². The Morgan fingerprint density at radius 1 is 1.38 bits per heavy atom. The number of hydrogen-bond acceptors (Lipinski definition) is 2. The number of rotatable bonds is 3. The van der Waals surface area contributed by atoms with Crippen LogP contribution in [0.15, 0.2) is 0 Å². The first-order valence-electron chi connectivity index (χ1n) is 1.50. The zero-order chi connectivity index (χ0) is 6.62. The minimum atomic E-state index is -4.45. The van der Waals surface area contributed by atoms with Crippen molar-refractivity contribution in [2.45, 2.75) is 6.29 Å². The molecule has 0 unspecified atom stereocenters. The summed E-state index contributed by atoms with van der Waals surface area (Å²) in [6.45, 7) is -1.79. The molecule has 0 N–H and O–H groups in total. The van der Waals surface area contributed by atoms with E-state index in [1.165, 1.54) is 0 Å². The van der Waals surface area contributed by atoms with Gasteiger partial charge in [-0.05, 0) is 4.53 Å². The average molecular weight is 134 g/mol. The minimum Gasteiger partial charge on any atom is -0.262 e. The predicted octanol–water partition coefficient (Wildman–Crippen LogP) is 1.38. The molecule has 0 atom stereocenters. The van der Waals surface area contributed by atoms with Crippen LogP contribution < -0.4 is 0 Å².